The summed E-state index contributed by atoms with van der Waals surface area (Å²) in [5.41, 5.74) is 5.23. The molecule has 1 aliphatic heterocycles. The maximum atomic E-state index is 13.0. The Bertz CT molecular complexity index is 855. The Kier molecular flexibility index (Phi) is 4.22. The standard InChI is InChI=1S/C20H20ClN3O/c1-13-5-2-9-16(21)18(13)19(25)24-12-11-22-20(24)23-17-10-4-7-14-6-3-8-15(14)17/h2,4-5,7,9-10H,3,6,8,11-12H2,1H3,(H,22,23). The fourth-order valence-corrected chi connectivity index (χ4v) is 3.95. The Morgan fingerprint density at radius 2 is 2.04 bits per heavy atom. The normalized spacial score (nSPS) is 15.9. The second-order valence-electron chi connectivity index (χ2n) is 6.52. The summed E-state index contributed by atoms with van der Waals surface area (Å²) in [4.78, 5) is 19.3. The minimum absolute atomic E-state index is 0.0978. The molecule has 2 aliphatic rings. The minimum Gasteiger partial charge on any atom is -0.326 e. The largest absolute Gasteiger partial charge is 0.326 e. The van der Waals surface area contributed by atoms with Gasteiger partial charge in [0.05, 0.1) is 17.1 Å². The van der Waals surface area contributed by atoms with Crippen LogP contribution in [0.15, 0.2) is 41.4 Å². The molecule has 0 bridgehead atoms. The SMILES string of the molecule is Cc1cccc(Cl)c1C(=O)N1CCN=C1Nc1cccc2c1CCC2. The van der Waals surface area contributed by atoms with Gasteiger partial charge in [-0.2, -0.15) is 0 Å². The third kappa shape index (κ3) is 2.91. The van der Waals surface area contributed by atoms with Gasteiger partial charge in [-0.3, -0.25) is 14.7 Å². The van der Waals surface area contributed by atoms with Crippen molar-refractivity contribution < 1.29 is 4.79 Å². The van der Waals surface area contributed by atoms with Gasteiger partial charge in [0.2, 0.25) is 5.96 Å². The number of guanidine groups is 1. The zero-order valence-corrected chi connectivity index (χ0v) is 14.9. The molecule has 4 nitrogen and oxygen atoms in total. The number of hydrogen-bond donors (Lipinski definition) is 1. The first-order chi connectivity index (χ1) is 12.1. The Morgan fingerprint density at radius 3 is 2.88 bits per heavy atom. The summed E-state index contributed by atoms with van der Waals surface area (Å²) in [6, 6.07) is 11.8. The highest BCUT2D eigenvalue weighted by molar-refractivity contribution is 6.34. The van der Waals surface area contributed by atoms with Gasteiger partial charge in [0, 0.05) is 12.2 Å². The molecule has 0 spiro atoms. The number of hydrogen-bond acceptors (Lipinski definition) is 3. The fraction of sp³-hybridized carbons (Fsp3) is 0.300. The Labute approximate surface area is 152 Å². The molecule has 0 aromatic heterocycles. The Hall–Kier alpha value is -2.33. The first kappa shape index (κ1) is 16.2. The van der Waals surface area contributed by atoms with Crippen LogP contribution in [0.4, 0.5) is 5.69 Å². The van der Waals surface area contributed by atoms with Gasteiger partial charge >= 0.3 is 0 Å². The lowest BCUT2D eigenvalue weighted by Gasteiger charge is -2.22. The van der Waals surface area contributed by atoms with Gasteiger partial charge in [0.25, 0.3) is 5.91 Å². The van der Waals surface area contributed by atoms with Crippen LogP contribution in [0.3, 0.4) is 0 Å². The van der Waals surface area contributed by atoms with Crippen molar-refractivity contribution in [3.8, 4) is 0 Å². The van der Waals surface area contributed by atoms with Gasteiger partial charge in [0.1, 0.15) is 0 Å². The molecule has 0 unspecified atom stereocenters. The third-order valence-electron chi connectivity index (χ3n) is 4.91. The summed E-state index contributed by atoms with van der Waals surface area (Å²) in [6.45, 7) is 3.08. The van der Waals surface area contributed by atoms with E-state index in [-0.39, 0.29) is 5.91 Å². The van der Waals surface area contributed by atoms with Gasteiger partial charge < -0.3 is 5.32 Å². The third-order valence-corrected chi connectivity index (χ3v) is 5.23. The number of benzene rings is 2. The molecule has 2 aromatic rings. The summed E-state index contributed by atoms with van der Waals surface area (Å²) in [5, 5.41) is 3.88. The summed E-state index contributed by atoms with van der Waals surface area (Å²) < 4.78 is 0. The Morgan fingerprint density at radius 1 is 1.20 bits per heavy atom. The lowest BCUT2D eigenvalue weighted by atomic mass is 10.1. The first-order valence-electron chi connectivity index (χ1n) is 8.64. The van der Waals surface area contributed by atoms with E-state index in [1.54, 1.807) is 11.0 Å². The fourth-order valence-electron chi connectivity index (χ4n) is 3.65. The molecule has 0 saturated carbocycles. The minimum atomic E-state index is -0.0978. The highest BCUT2D eigenvalue weighted by atomic mass is 35.5. The smallest absolute Gasteiger partial charge is 0.262 e. The second-order valence-corrected chi connectivity index (χ2v) is 6.92. The average molecular weight is 354 g/mol. The molecule has 1 N–H and O–H groups in total. The molecular formula is C20H20ClN3O. The summed E-state index contributed by atoms with van der Waals surface area (Å²) in [5.74, 6) is 0.518. The molecule has 0 radical (unpaired) electrons. The number of aryl methyl sites for hydroxylation is 2. The molecule has 4 rings (SSSR count). The first-order valence-corrected chi connectivity index (χ1v) is 9.02. The van der Waals surface area contributed by atoms with Crippen LogP contribution in [0.5, 0.6) is 0 Å². The van der Waals surface area contributed by atoms with Crippen molar-refractivity contribution in [1.29, 1.82) is 0 Å². The Balaban J connectivity index is 1.61. The topological polar surface area (TPSA) is 44.7 Å². The van der Waals surface area contributed by atoms with E-state index in [2.05, 4.69) is 28.5 Å². The number of halogens is 1. The molecule has 0 saturated heterocycles. The highest BCUT2D eigenvalue weighted by Gasteiger charge is 2.28. The van der Waals surface area contributed by atoms with Crippen LogP contribution in [0.2, 0.25) is 5.02 Å². The highest BCUT2D eigenvalue weighted by Crippen LogP contribution is 2.29. The maximum Gasteiger partial charge on any atom is 0.262 e. The number of nitrogens with one attached hydrogen (secondary N) is 1. The van der Waals surface area contributed by atoms with Crippen LogP contribution in [-0.4, -0.2) is 29.9 Å². The van der Waals surface area contributed by atoms with Crippen molar-refractivity contribution in [2.45, 2.75) is 26.2 Å². The lowest BCUT2D eigenvalue weighted by Crippen LogP contribution is -2.39. The van der Waals surface area contributed by atoms with Gasteiger partial charge in [-0.25, -0.2) is 0 Å². The molecule has 0 atom stereocenters. The van der Waals surface area contributed by atoms with E-state index in [1.807, 2.05) is 19.1 Å². The zero-order chi connectivity index (χ0) is 17.4. The van der Waals surface area contributed by atoms with Gasteiger partial charge in [-0.05, 0) is 55.0 Å². The van der Waals surface area contributed by atoms with Crippen molar-refractivity contribution in [2.24, 2.45) is 4.99 Å². The lowest BCUT2D eigenvalue weighted by molar-refractivity contribution is 0.0857. The van der Waals surface area contributed by atoms with Crippen LogP contribution in [0.1, 0.15) is 33.5 Å². The molecule has 25 heavy (non-hydrogen) atoms. The van der Waals surface area contributed by atoms with Crippen LogP contribution in [-0.2, 0) is 12.8 Å². The average Bonchev–Trinajstić information content (AvgIpc) is 3.24. The molecule has 0 fully saturated rings. The van der Waals surface area contributed by atoms with Gasteiger partial charge in [0.15, 0.2) is 0 Å². The second kappa shape index (κ2) is 6.52. The maximum absolute atomic E-state index is 13.0. The van der Waals surface area contributed by atoms with Crippen LogP contribution in [0, 0.1) is 6.92 Å². The number of rotatable bonds is 2. The predicted octanol–water partition coefficient (Wildman–Crippen LogP) is 4.06. The zero-order valence-electron chi connectivity index (χ0n) is 14.2. The molecule has 2 aromatic carbocycles. The van der Waals surface area contributed by atoms with E-state index in [0.717, 1.165) is 24.1 Å². The van der Waals surface area contributed by atoms with E-state index < -0.39 is 0 Å². The van der Waals surface area contributed by atoms with E-state index in [1.165, 1.54) is 17.5 Å². The van der Waals surface area contributed by atoms with Crippen molar-refractivity contribution in [1.82, 2.24) is 4.90 Å². The molecule has 5 heteroatoms. The van der Waals surface area contributed by atoms with Crippen LogP contribution < -0.4 is 5.32 Å². The number of amides is 1. The number of aliphatic imine (C=N–C) groups is 1. The molecule has 128 valence electrons. The number of fused-ring (bicyclic) bond motifs is 1. The molecule has 1 heterocycles. The summed E-state index contributed by atoms with van der Waals surface area (Å²) in [7, 11) is 0. The van der Waals surface area contributed by atoms with E-state index in [0.29, 0.717) is 29.6 Å². The van der Waals surface area contributed by atoms with Crippen LogP contribution >= 0.6 is 11.6 Å². The van der Waals surface area contributed by atoms with Crippen molar-refractivity contribution in [3.05, 3.63) is 63.7 Å². The molecular weight excluding hydrogens is 334 g/mol. The van der Waals surface area contributed by atoms with Crippen LogP contribution in [0.25, 0.3) is 0 Å². The number of anilines is 1. The monoisotopic (exact) mass is 353 g/mol. The van der Waals surface area contributed by atoms with E-state index >= 15 is 0 Å². The number of carbonyl (C=O) groups is 1. The summed E-state index contributed by atoms with van der Waals surface area (Å²) in [6.07, 6.45) is 3.38. The van der Waals surface area contributed by atoms with Gasteiger partial charge in [-0.1, -0.05) is 35.9 Å². The number of carbonyl (C=O) groups excluding carboxylic acids is 1. The van der Waals surface area contributed by atoms with Crippen molar-refractivity contribution in [3.63, 3.8) is 0 Å². The number of nitrogens with zero attached hydrogens (tertiary/aromatic N) is 2. The van der Waals surface area contributed by atoms with Crippen molar-refractivity contribution >= 4 is 29.2 Å². The summed E-state index contributed by atoms with van der Waals surface area (Å²) >= 11 is 6.28. The van der Waals surface area contributed by atoms with Gasteiger partial charge in [-0.15, -0.1) is 0 Å². The quantitative estimate of drug-likeness (QED) is 0.884. The predicted molar refractivity (Wildman–Crippen MR) is 102 cm³/mol. The molecule has 1 amide bonds. The van der Waals surface area contributed by atoms with E-state index in [4.69, 9.17) is 11.6 Å². The molecule has 1 aliphatic carbocycles. The van der Waals surface area contributed by atoms with Crippen molar-refractivity contribution in [2.75, 3.05) is 18.4 Å². The van der Waals surface area contributed by atoms with E-state index in [9.17, 15) is 4.79 Å².